The van der Waals surface area contributed by atoms with Gasteiger partial charge in [0.2, 0.25) is 0 Å². The van der Waals surface area contributed by atoms with E-state index in [0.717, 1.165) is 32.1 Å². The molecular weight excluding hydrogens is 336 g/mol. The second-order valence-electron chi connectivity index (χ2n) is 8.02. The fourth-order valence-corrected chi connectivity index (χ4v) is 3.50. The molecule has 1 saturated heterocycles. The molecule has 0 bridgehead atoms. The Balaban J connectivity index is 1.63. The molecule has 0 spiro atoms. The zero-order valence-corrected chi connectivity index (χ0v) is 16.6. The van der Waals surface area contributed by atoms with Gasteiger partial charge >= 0.3 is 5.97 Å². The lowest BCUT2D eigenvalue weighted by atomic mass is 10.0. The Morgan fingerprint density at radius 1 is 1.19 bits per heavy atom. The van der Waals surface area contributed by atoms with Crippen LogP contribution in [0.25, 0.3) is 0 Å². The van der Waals surface area contributed by atoms with Crippen molar-refractivity contribution >= 4 is 5.97 Å². The minimum atomic E-state index is -0.808. The molecule has 1 aliphatic heterocycles. The molecule has 3 unspecified atom stereocenters. The minimum Gasteiger partial charge on any atom is -0.465 e. The van der Waals surface area contributed by atoms with Gasteiger partial charge in [-0.3, -0.25) is 4.79 Å². The van der Waals surface area contributed by atoms with Gasteiger partial charge in [-0.05, 0) is 44.9 Å². The largest absolute Gasteiger partial charge is 0.465 e. The third-order valence-electron chi connectivity index (χ3n) is 5.84. The van der Waals surface area contributed by atoms with Gasteiger partial charge in [-0.15, -0.1) is 0 Å². The molecule has 2 rings (SSSR count). The fraction of sp³-hybridized carbons (Fsp3) is 0.950. The molecule has 1 saturated carbocycles. The molecule has 2 fully saturated rings. The lowest BCUT2D eigenvalue weighted by Gasteiger charge is -2.36. The quantitative estimate of drug-likeness (QED) is 0.574. The topological polar surface area (TPSA) is 85.2 Å². The lowest BCUT2D eigenvalue weighted by Crippen LogP contribution is -2.48. The number of aliphatic hydroxyl groups excluding tert-OH is 2. The van der Waals surface area contributed by atoms with Crippen molar-refractivity contribution in [2.75, 3.05) is 6.61 Å². The van der Waals surface area contributed by atoms with Crippen molar-refractivity contribution in [1.29, 1.82) is 0 Å². The number of rotatable bonds is 10. The first-order chi connectivity index (χ1) is 12.3. The molecule has 0 amide bonds. The van der Waals surface area contributed by atoms with E-state index in [2.05, 4.69) is 13.8 Å². The van der Waals surface area contributed by atoms with Gasteiger partial charge in [0.25, 0.3) is 0 Å². The first kappa shape index (κ1) is 21.6. The summed E-state index contributed by atoms with van der Waals surface area (Å²) in [4.78, 5) is 12.1. The van der Waals surface area contributed by atoms with Gasteiger partial charge in [0.1, 0.15) is 6.10 Å². The Hall–Kier alpha value is -0.690. The van der Waals surface area contributed by atoms with Gasteiger partial charge in [0.15, 0.2) is 6.29 Å². The minimum absolute atomic E-state index is 0.0447. The third-order valence-corrected chi connectivity index (χ3v) is 5.84. The highest BCUT2D eigenvalue weighted by atomic mass is 16.7. The van der Waals surface area contributed by atoms with Crippen LogP contribution in [-0.2, 0) is 19.0 Å². The molecular formula is C20H36O6. The molecule has 0 aromatic heterocycles. The number of carbonyl (C=O) groups is 1. The average Bonchev–Trinajstić information content (AvgIpc) is 3.38. The fourth-order valence-electron chi connectivity index (χ4n) is 3.50. The average molecular weight is 373 g/mol. The standard InChI is InChI=1S/C20H36O6/c1-5-14(6-2)11-24-19(23)16-9-15(16)8-7-12(3)25-20-18(22)10-17(21)13(4)26-20/h12-18,20-22H,5-11H2,1-4H3/t12-,13+,15+,16?,17?,18-,20?/m1/s1. The van der Waals surface area contributed by atoms with Crippen molar-refractivity contribution in [2.24, 2.45) is 17.8 Å². The van der Waals surface area contributed by atoms with Crippen LogP contribution in [0.5, 0.6) is 0 Å². The maximum atomic E-state index is 12.1. The van der Waals surface area contributed by atoms with E-state index in [1.807, 2.05) is 6.92 Å². The monoisotopic (exact) mass is 372 g/mol. The van der Waals surface area contributed by atoms with Gasteiger partial charge < -0.3 is 24.4 Å². The van der Waals surface area contributed by atoms with Gasteiger partial charge in [-0.1, -0.05) is 26.7 Å². The molecule has 0 radical (unpaired) electrons. The molecule has 1 aliphatic carbocycles. The number of carbonyl (C=O) groups excluding carboxylic acids is 1. The predicted molar refractivity (Wildman–Crippen MR) is 97.4 cm³/mol. The van der Waals surface area contributed by atoms with Crippen LogP contribution in [0.4, 0.5) is 0 Å². The van der Waals surface area contributed by atoms with E-state index in [0.29, 0.717) is 18.4 Å². The summed E-state index contributed by atoms with van der Waals surface area (Å²) >= 11 is 0. The van der Waals surface area contributed by atoms with Gasteiger partial charge in [0, 0.05) is 6.42 Å². The van der Waals surface area contributed by atoms with E-state index < -0.39 is 18.5 Å². The Morgan fingerprint density at radius 2 is 1.88 bits per heavy atom. The summed E-state index contributed by atoms with van der Waals surface area (Å²) < 4.78 is 16.8. The van der Waals surface area contributed by atoms with Gasteiger partial charge in [-0.25, -0.2) is 0 Å². The molecule has 0 aromatic rings. The molecule has 2 aliphatic rings. The van der Waals surface area contributed by atoms with Crippen molar-refractivity contribution in [3.05, 3.63) is 0 Å². The Kier molecular flexibility index (Phi) is 8.33. The van der Waals surface area contributed by atoms with E-state index >= 15 is 0 Å². The second kappa shape index (κ2) is 10.0. The van der Waals surface area contributed by atoms with Crippen molar-refractivity contribution < 1.29 is 29.2 Å². The molecule has 6 heteroatoms. The van der Waals surface area contributed by atoms with Crippen molar-refractivity contribution in [3.8, 4) is 0 Å². The van der Waals surface area contributed by atoms with E-state index in [1.165, 1.54) is 0 Å². The van der Waals surface area contributed by atoms with Crippen LogP contribution in [0.1, 0.15) is 66.2 Å². The molecule has 0 aromatic carbocycles. The Morgan fingerprint density at radius 3 is 2.54 bits per heavy atom. The molecule has 6 nitrogen and oxygen atoms in total. The summed E-state index contributed by atoms with van der Waals surface area (Å²) in [6.07, 6.45) is 2.41. The number of ether oxygens (including phenoxy) is 3. The number of hydrogen-bond donors (Lipinski definition) is 2. The van der Waals surface area contributed by atoms with Gasteiger partial charge in [0.05, 0.1) is 30.8 Å². The first-order valence-corrected chi connectivity index (χ1v) is 10.2. The van der Waals surface area contributed by atoms with Crippen LogP contribution >= 0.6 is 0 Å². The van der Waals surface area contributed by atoms with Crippen LogP contribution in [0, 0.1) is 17.8 Å². The molecule has 26 heavy (non-hydrogen) atoms. The summed E-state index contributed by atoms with van der Waals surface area (Å²) in [7, 11) is 0. The molecule has 152 valence electrons. The van der Waals surface area contributed by atoms with E-state index in [9.17, 15) is 15.0 Å². The van der Waals surface area contributed by atoms with Crippen LogP contribution < -0.4 is 0 Å². The zero-order valence-electron chi connectivity index (χ0n) is 16.6. The summed E-state index contributed by atoms with van der Waals surface area (Å²) in [5.74, 6) is 0.841. The van der Waals surface area contributed by atoms with Crippen molar-refractivity contribution in [1.82, 2.24) is 0 Å². The van der Waals surface area contributed by atoms with E-state index in [4.69, 9.17) is 14.2 Å². The summed E-state index contributed by atoms with van der Waals surface area (Å²) in [5, 5.41) is 19.7. The van der Waals surface area contributed by atoms with E-state index in [-0.39, 0.29) is 30.5 Å². The predicted octanol–water partition coefficient (Wildman–Crippen LogP) is 2.64. The smallest absolute Gasteiger partial charge is 0.309 e. The second-order valence-corrected chi connectivity index (χ2v) is 8.02. The highest BCUT2D eigenvalue weighted by molar-refractivity contribution is 5.75. The highest BCUT2D eigenvalue weighted by Crippen LogP contribution is 2.43. The summed E-state index contributed by atoms with van der Waals surface area (Å²) in [6, 6.07) is 0. The maximum Gasteiger partial charge on any atom is 0.309 e. The SMILES string of the molecule is CCC(CC)COC(=O)C1C[C@@H]1CC[C@@H](C)OC1O[C@@H](C)C(O)C[C@H]1O. The Bertz CT molecular complexity index is 438. The maximum absolute atomic E-state index is 12.1. The van der Waals surface area contributed by atoms with Crippen LogP contribution in [0.3, 0.4) is 0 Å². The van der Waals surface area contributed by atoms with Crippen molar-refractivity contribution in [2.45, 2.75) is 96.9 Å². The van der Waals surface area contributed by atoms with Crippen molar-refractivity contribution in [3.63, 3.8) is 0 Å². The van der Waals surface area contributed by atoms with Gasteiger partial charge in [-0.2, -0.15) is 0 Å². The van der Waals surface area contributed by atoms with E-state index in [1.54, 1.807) is 6.92 Å². The molecule has 1 heterocycles. The zero-order chi connectivity index (χ0) is 19.3. The summed E-state index contributed by atoms with van der Waals surface area (Å²) in [5.41, 5.74) is 0. The Labute approximate surface area is 157 Å². The third kappa shape index (κ3) is 6.19. The highest BCUT2D eigenvalue weighted by Gasteiger charge is 2.44. The number of aliphatic hydroxyl groups is 2. The molecule has 2 N–H and O–H groups in total. The van der Waals surface area contributed by atoms with Crippen LogP contribution in [-0.4, -0.2) is 53.5 Å². The molecule has 7 atom stereocenters. The van der Waals surface area contributed by atoms with Crippen LogP contribution in [0.2, 0.25) is 0 Å². The van der Waals surface area contributed by atoms with Crippen LogP contribution in [0.15, 0.2) is 0 Å². The summed E-state index contributed by atoms with van der Waals surface area (Å²) in [6.45, 7) is 8.51. The first-order valence-electron chi connectivity index (χ1n) is 10.2. The number of esters is 1. The lowest BCUT2D eigenvalue weighted by molar-refractivity contribution is -0.273. The normalized spacial score (nSPS) is 35.3. The number of hydrogen-bond acceptors (Lipinski definition) is 6.